The number of hydrogen-bond donors (Lipinski definition) is 10. The number of hydrogen-bond acceptors (Lipinski definition) is 11. The standard InChI is InChI=1S/C53H72N12O9/c1-3-4-18-42(61-32(2)66)50(72)63-43-22-21-38(67)16-8-10-20-41(48(54)70)62-49(71)35(25-36-29-59-40-19-11-9-17-39(36)40)27-46(68)34(15-12-23-58-53(55)56)26-47(69)44(24-33-13-6-5-7-14-33)64-52(74)45(65-51(43)73)28-37-30-57-31-60-37/h5-7,9,11,13-14,17,19,29-31,34-35,41-45,59H,3-4,8,10,12,15-16,18,20-28H2,1-2H3,(H2,54,70)(H,57,60)(H,61,66)(H,62,71)(H,63,72)(H,64,74)(H,65,73)(H4,55,56,58)/t34-,35-,41+,42+,43+,44-,45+/m1/s1. The molecule has 0 unspecified atom stereocenters. The van der Waals surface area contributed by atoms with E-state index in [1.807, 2.05) is 31.2 Å². The van der Waals surface area contributed by atoms with Crippen LogP contribution < -0.4 is 43.8 Å². The van der Waals surface area contributed by atoms with E-state index in [0.717, 1.165) is 22.9 Å². The number of nitrogens with zero attached hydrogens (tertiary/aromatic N) is 2. The average Bonchev–Trinajstić information content (AvgIpc) is 4.04. The molecule has 0 spiro atoms. The van der Waals surface area contributed by atoms with Gasteiger partial charge in [-0.3, -0.25) is 48.1 Å². The zero-order chi connectivity index (χ0) is 53.6. The molecule has 2 aromatic carbocycles. The van der Waals surface area contributed by atoms with E-state index >= 15 is 0 Å². The molecule has 0 radical (unpaired) electrons. The van der Waals surface area contributed by atoms with Crippen LogP contribution in [0.5, 0.6) is 0 Å². The second kappa shape index (κ2) is 29.1. The molecule has 2 aromatic heterocycles. The van der Waals surface area contributed by atoms with Crippen molar-refractivity contribution in [3.63, 3.8) is 0 Å². The van der Waals surface area contributed by atoms with Crippen molar-refractivity contribution in [3.05, 3.63) is 90.1 Å². The van der Waals surface area contributed by atoms with Crippen molar-refractivity contribution >= 4 is 69.7 Å². The number of unbranched alkanes of at least 4 members (excludes halogenated alkanes) is 1. The first-order valence-electron chi connectivity index (χ1n) is 25.5. The number of guanidine groups is 1. The number of imidazole rings is 1. The van der Waals surface area contributed by atoms with Gasteiger partial charge in [-0.25, -0.2) is 4.98 Å². The fourth-order valence-electron chi connectivity index (χ4n) is 9.15. The minimum Gasteiger partial charge on any atom is -0.370 e. The van der Waals surface area contributed by atoms with Gasteiger partial charge in [0.2, 0.25) is 35.4 Å². The number of amides is 6. The van der Waals surface area contributed by atoms with Crippen LogP contribution in [-0.4, -0.2) is 110 Å². The molecule has 7 atom stereocenters. The van der Waals surface area contributed by atoms with Crippen molar-refractivity contribution in [1.82, 2.24) is 41.5 Å². The second-order valence-corrected chi connectivity index (χ2v) is 19.1. The Hall–Kier alpha value is -7.71. The maximum absolute atomic E-state index is 14.8. The third-order valence-corrected chi connectivity index (χ3v) is 13.2. The molecule has 3 heterocycles. The second-order valence-electron chi connectivity index (χ2n) is 19.1. The van der Waals surface area contributed by atoms with E-state index in [9.17, 15) is 43.2 Å². The van der Waals surface area contributed by atoms with Crippen LogP contribution in [0.15, 0.2) is 78.3 Å². The number of benzene rings is 2. The number of aliphatic imine (C=N–C) groups is 1. The van der Waals surface area contributed by atoms with Crippen molar-refractivity contribution in [2.24, 2.45) is 34.0 Å². The first kappa shape index (κ1) is 57.2. The van der Waals surface area contributed by atoms with Crippen molar-refractivity contribution in [2.45, 2.75) is 147 Å². The van der Waals surface area contributed by atoms with Crippen LogP contribution in [0.1, 0.15) is 114 Å². The van der Waals surface area contributed by atoms with Crippen LogP contribution >= 0.6 is 0 Å². The van der Waals surface area contributed by atoms with Gasteiger partial charge in [-0.2, -0.15) is 0 Å². The van der Waals surface area contributed by atoms with Crippen molar-refractivity contribution in [1.29, 1.82) is 0 Å². The summed E-state index contributed by atoms with van der Waals surface area (Å²) in [6.45, 7) is 3.33. The van der Waals surface area contributed by atoms with Gasteiger partial charge in [0.25, 0.3) is 0 Å². The first-order valence-corrected chi connectivity index (χ1v) is 25.5. The van der Waals surface area contributed by atoms with E-state index in [2.05, 4.69) is 46.5 Å². The zero-order valence-corrected chi connectivity index (χ0v) is 42.3. The number of aromatic nitrogens is 3. The van der Waals surface area contributed by atoms with Crippen molar-refractivity contribution in [2.75, 3.05) is 6.54 Å². The Morgan fingerprint density at radius 1 is 0.770 bits per heavy atom. The van der Waals surface area contributed by atoms with Gasteiger partial charge in [0.1, 0.15) is 35.7 Å². The van der Waals surface area contributed by atoms with Gasteiger partial charge in [0.05, 0.1) is 12.4 Å². The molecule has 1 fully saturated rings. The molecule has 0 saturated carbocycles. The largest absolute Gasteiger partial charge is 0.370 e. The Kier molecular flexibility index (Phi) is 22.5. The summed E-state index contributed by atoms with van der Waals surface area (Å²) in [4.78, 5) is 140. The Bertz CT molecular complexity index is 2580. The highest BCUT2D eigenvalue weighted by atomic mass is 16.2. The highest BCUT2D eigenvalue weighted by Gasteiger charge is 2.35. The van der Waals surface area contributed by atoms with Crippen molar-refractivity contribution in [3.8, 4) is 0 Å². The van der Waals surface area contributed by atoms with E-state index in [4.69, 9.17) is 17.2 Å². The monoisotopic (exact) mass is 1020 g/mol. The number of H-pyrrole nitrogens is 2. The van der Waals surface area contributed by atoms with Gasteiger partial charge < -0.3 is 53.8 Å². The average molecular weight is 1020 g/mol. The van der Waals surface area contributed by atoms with Crippen LogP contribution in [0.2, 0.25) is 0 Å². The summed E-state index contributed by atoms with van der Waals surface area (Å²) >= 11 is 0. The molecule has 4 aromatic rings. The number of primary amides is 1. The van der Waals surface area contributed by atoms with Gasteiger partial charge in [-0.1, -0.05) is 74.7 Å². The molecular formula is C53H72N12O9. The lowest BCUT2D eigenvalue weighted by Gasteiger charge is -2.27. The predicted octanol–water partition coefficient (Wildman–Crippen LogP) is 2.17. The lowest BCUT2D eigenvalue weighted by Crippen LogP contribution is -2.58. The fourth-order valence-corrected chi connectivity index (χ4v) is 9.15. The fraction of sp³-hybridized carbons (Fsp3) is 0.491. The summed E-state index contributed by atoms with van der Waals surface area (Å²) in [7, 11) is 0. The van der Waals surface area contributed by atoms with Crippen molar-refractivity contribution < 1.29 is 43.2 Å². The number of aromatic amines is 2. The zero-order valence-electron chi connectivity index (χ0n) is 42.3. The number of nitrogens with one attached hydrogen (secondary N) is 7. The number of nitrogens with two attached hydrogens (primary N) is 3. The Morgan fingerprint density at radius 3 is 2.20 bits per heavy atom. The van der Waals surface area contributed by atoms with Crippen LogP contribution in [0.3, 0.4) is 0 Å². The van der Waals surface area contributed by atoms with E-state index in [1.165, 1.54) is 19.4 Å². The van der Waals surface area contributed by atoms with Gasteiger partial charge in [0, 0.05) is 86.4 Å². The molecule has 1 aliphatic rings. The van der Waals surface area contributed by atoms with E-state index in [1.54, 1.807) is 36.5 Å². The third kappa shape index (κ3) is 18.4. The maximum atomic E-state index is 14.8. The lowest BCUT2D eigenvalue weighted by molar-refractivity contribution is -0.135. The van der Waals surface area contributed by atoms with Crippen LogP contribution in [-0.2, 0) is 62.4 Å². The summed E-state index contributed by atoms with van der Waals surface area (Å²) in [5, 5.41) is 14.6. The molecule has 0 aliphatic carbocycles. The third-order valence-electron chi connectivity index (χ3n) is 13.2. The quantitative estimate of drug-likeness (QED) is 0.0413. The Balaban J connectivity index is 1.55. The molecule has 1 aliphatic heterocycles. The topological polar surface area (TPSA) is 349 Å². The molecule has 5 rings (SSSR count). The van der Waals surface area contributed by atoms with E-state index in [-0.39, 0.29) is 108 Å². The number of fused-ring (bicyclic) bond motifs is 1. The highest BCUT2D eigenvalue weighted by molar-refractivity contribution is 5.98. The molecule has 398 valence electrons. The Labute approximate surface area is 430 Å². The molecule has 13 N–H and O–H groups in total. The number of carbonyl (C=O) groups excluding carboxylic acids is 9. The number of rotatable bonds is 17. The predicted molar refractivity (Wildman–Crippen MR) is 277 cm³/mol. The van der Waals surface area contributed by atoms with Gasteiger partial charge in [-0.15, -0.1) is 0 Å². The van der Waals surface area contributed by atoms with Crippen LogP contribution in [0, 0.1) is 11.8 Å². The minimum atomic E-state index is -1.36. The molecule has 21 nitrogen and oxygen atoms in total. The van der Waals surface area contributed by atoms with Crippen LogP contribution in [0.25, 0.3) is 10.9 Å². The molecule has 1 saturated heterocycles. The van der Waals surface area contributed by atoms with E-state index < -0.39 is 89.1 Å². The first-order chi connectivity index (χ1) is 35.5. The number of para-hydroxylation sites is 1. The number of Topliss-reactive ketones (excluding diaryl/α,β-unsaturated/α-hetero) is 3. The molecular weight excluding hydrogens is 949 g/mol. The highest BCUT2D eigenvalue weighted by Crippen LogP contribution is 2.26. The summed E-state index contributed by atoms with van der Waals surface area (Å²) in [6, 6.07) is 10.3. The van der Waals surface area contributed by atoms with Gasteiger partial charge >= 0.3 is 0 Å². The van der Waals surface area contributed by atoms with Gasteiger partial charge in [-0.05, 0) is 68.6 Å². The molecule has 21 heteroatoms. The molecule has 74 heavy (non-hydrogen) atoms. The Morgan fingerprint density at radius 2 is 1.50 bits per heavy atom. The number of ketones is 3. The lowest BCUT2D eigenvalue weighted by atomic mass is 9.83. The number of carbonyl (C=O) groups is 9. The molecule has 6 amide bonds. The summed E-state index contributed by atoms with van der Waals surface area (Å²) < 4.78 is 0. The van der Waals surface area contributed by atoms with Crippen LogP contribution in [0.4, 0.5) is 0 Å². The summed E-state index contributed by atoms with van der Waals surface area (Å²) in [6.07, 6.45) is 6.19. The normalized spacial score (nSPS) is 21.6. The van der Waals surface area contributed by atoms with Gasteiger partial charge in [0.15, 0.2) is 11.7 Å². The summed E-state index contributed by atoms with van der Waals surface area (Å²) in [5.74, 6) is -7.48. The maximum Gasteiger partial charge on any atom is 0.243 e. The summed E-state index contributed by atoms with van der Waals surface area (Å²) in [5.41, 5.74) is 19.8. The smallest absolute Gasteiger partial charge is 0.243 e. The molecule has 0 bridgehead atoms. The van der Waals surface area contributed by atoms with E-state index in [0.29, 0.717) is 17.7 Å². The SMILES string of the molecule is CCCC[C@H](NC(C)=O)C(=O)N[C@H]1CCC(=O)CCCC[C@@H](C(N)=O)NC(=O)[C@H](Cc2c[nH]c3ccccc23)CC(=O)[C@H](CCCN=C(N)N)CC(=O)[C@@H](Cc2ccccc2)NC(=O)[C@H](Cc2cnc[nH]2)NC1=O. The minimum absolute atomic E-state index is 0.00571.